The topological polar surface area (TPSA) is 82.7 Å². The molecule has 0 atom stereocenters. The van der Waals surface area contributed by atoms with Crippen LogP contribution in [0.25, 0.3) is 11.4 Å². The quantitative estimate of drug-likeness (QED) is 0.522. The Hall–Kier alpha value is -3.13. The van der Waals surface area contributed by atoms with Crippen molar-refractivity contribution < 1.29 is 4.52 Å². The van der Waals surface area contributed by atoms with Crippen molar-refractivity contribution in [2.75, 3.05) is 38.1 Å². The summed E-state index contributed by atoms with van der Waals surface area (Å²) in [4.78, 5) is 17.8. The Balaban J connectivity index is 1.32. The first-order valence-corrected chi connectivity index (χ1v) is 9.81. The van der Waals surface area contributed by atoms with Crippen LogP contribution in [-0.2, 0) is 6.54 Å². The average molecular weight is 412 g/mol. The van der Waals surface area contributed by atoms with Gasteiger partial charge in [-0.15, -0.1) is 0 Å². The molecule has 1 N–H and O–H groups in total. The molecule has 1 aromatic carbocycles. The monoisotopic (exact) mass is 411 g/mol. The molecule has 8 nitrogen and oxygen atoms in total. The van der Waals surface area contributed by atoms with E-state index in [4.69, 9.17) is 16.1 Å². The molecule has 0 bridgehead atoms. The summed E-state index contributed by atoms with van der Waals surface area (Å²) in [5.74, 6) is 2.87. The fraction of sp³-hybridized carbons (Fsp3) is 0.300. The second-order valence-corrected chi connectivity index (χ2v) is 7.02. The van der Waals surface area contributed by atoms with Gasteiger partial charge in [-0.1, -0.05) is 22.8 Å². The molecule has 4 rings (SSSR count). The Labute approximate surface area is 174 Å². The third-order valence-corrected chi connectivity index (χ3v) is 4.98. The van der Waals surface area contributed by atoms with Crippen molar-refractivity contribution in [2.24, 2.45) is 4.99 Å². The normalized spacial score (nSPS) is 14.9. The molecule has 0 unspecified atom stereocenters. The van der Waals surface area contributed by atoms with Crippen molar-refractivity contribution in [3.8, 4) is 11.4 Å². The van der Waals surface area contributed by atoms with Gasteiger partial charge in [0.1, 0.15) is 5.82 Å². The number of hydrogen-bond acceptors (Lipinski definition) is 6. The number of aliphatic imine (C=N–C) groups is 1. The number of hydrogen-bond donors (Lipinski definition) is 1. The van der Waals surface area contributed by atoms with Crippen molar-refractivity contribution in [3.63, 3.8) is 0 Å². The number of aromatic nitrogens is 3. The van der Waals surface area contributed by atoms with Crippen LogP contribution >= 0.6 is 11.6 Å². The molecule has 0 radical (unpaired) electrons. The van der Waals surface area contributed by atoms with Gasteiger partial charge < -0.3 is 19.6 Å². The number of rotatable bonds is 4. The van der Waals surface area contributed by atoms with Gasteiger partial charge in [-0.2, -0.15) is 4.98 Å². The molecule has 0 amide bonds. The first-order valence-electron chi connectivity index (χ1n) is 9.43. The van der Waals surface area contributed by atoms with E-state index in [9.17, 15) is 0 Å². The van der Waals surface area contributed by atoms with Crippen LogP contribution in [0.3, 0.4) is 0 Å². The molecule has 1 aliphatic rings. The van der Waals surface area contributed by atoms with Gasteiger partial charge in [0, 0.05) is 50.0 Å². The lowest BCUT2D eigenvalue weighted by Crippen LogP contribution is -2.52. The number of piperazine rings is 1. The van der Waals surface area contributed by atoms with Gasteiger partial charge in [-0.05, 0) is 36.4 Å². The zero-order valence-electron chi connectivity index (χ0n) is 16.1. The number of guanidine groups is 1. The van der Waals surface area contributed by atoms with Crippen LogP contribution in [0.15, 0.2) is 58.2 Å². The number of halogens is 1. The Kier molecular flexibility index (Phi) is 5.90. The Morgan fingerprint density at radius 2 is 1.93 bits per heavy atom. The fourth-order valence-electron chi connectivity index (χ4n) is 3.22. The number of nitrogens with one attached hydrogen (secondary N) is 1. The standard InChI is InChI=1S/C20H22ClN7O/c1-22-20(28-12-10-27(11-13-28)17-4-2-3-9-23-17)24-14-18-25-19(26-29-18)15-5-7-16(21)8-6-15/h2-9H,10-14H2,1H3,(H,22,24). The zero-order chi connectivity index (χ0) is 20.1. The minimum atomic E-state index is 0.410. The van der Waals surface area contributed by atoms with E-state index in [0.717, 1.165) is 43.5 Å². The minimum absolute atomic E-state index is 0.410. The van der Waals surface area contributed by atoms with E-state index in [1.807, 2.05) is 36.5 Å². The summed E-state index contributed by atoms with van der Waals surface area (Å²) in [5.41, 5.74) is 0.861. The van der Waals surface area contributed by atoms with Gasteiger partial charge in [0.05, 0.1) is 6.54 Å². The predicted molar refractivity (Wildman–Crippen MR) is 113 cm³/mol. The molecule has 1 aliphatic heterocycles. The fourth-order valence-corrected chi connectivity index (χ4v) is 3.34. The highest BCUT2D eigenvalue weighted by molar-refractivity contribution is 6.30. The van der Waals surface area contributed by atoms with Crippen LogP contribution in [0.5, 0.6) is 0 Å². The smallest absolute Gasteiger partial charge is 0.246 e. The molecule has 0 spiro atoms. The van der Waals surface area contributed by atoms with Crippen molar-refractivity contribution in [2.45, 2.75) is 6.54 Å². The molecule has 0 saturated carbocycles. The lowest BCUT2D eigenvalue weighted by Gasteiger charge is -2.36. The van der Waals surface area contributed by atoms with E-state index in [0.29, 0.717) is 23.3 Å². The summed E-state index contributed by atoms with van der Waals surface area (Å²) in [5, 5.41) is 8.02. The van der Waals surface area contributed by atoms with Crippen molar-refractivity contribution >= 4 is 23.4 Å². The van der Waals surface area contributed by atoms with Crippen molar-refractivity contribution in [1.82, 2.24) is 25.3 Å². The maximum Gasteiger partial charge on any atom is 0.246 e. The number of nitrogens with zero attached hydrogens (tertiary/aromatic N) is 6. The molecular weight excluding hydrogens is 390 g/mol. The summed E-state index contributed by atoms with van der Waals surface area (Å²) in [6.07, 6.45) is 1.82. The summed E-state index contributed by atoms with van der Waals surface area (Å²) >= 11 is 5.92. The predicted octanol–water partition coefficient (Wildman–Crippen LogP) is 2.68. The van der Waals surface area contributed by atoms with E-state index in [1.54, 1.807) is 19.2 Å². The van der Waals surface area contributed by atoms with E-state index >= 15 is 0 Å². The first-order chi connectivity index (χ1) is 14.2. The van der Waals surface area contributed by atoms with Gasteiger partial charge in [-0.25, -0.2) is 4.98 Å². The second kappa shape index (κ2) is 8.91. The SMILES string of the molecule is CN=C(NCc1nc(-c2ccc(Cl)cc2)no1)N1CCN(c2ccccn2)CC1. The lowest BCUT2D eigenvalue weighted by atomic mass is 10.2. The maximum absolute atomic E-state index is 5.92. The van der Waals surface area contributed by atoms with E-state index in [-0.39, 0.29) is 0 Å². The van der Waals surface area contributed by atoms with Gasteiger partial charge in [0.2, 0.25) is 11.7 Å². The highest BCUT2D eigenvalue weighted by atomic mass is 35.5. The third kappa shape index (κ3) is 4.65. The van der Waals surface area contributed by atoms with Gasteiger partial charge in [-0.3, -0.25) is 4.99 Å². The molecule has 29 heavy (non-hydrogen) atoms. The average Bonchev–Trinajstić information content (AvgIpc) is 3.25. The summed E-state index contributed by atoms with van der Waals surface area (Å²) in [6, 6.07) is 13.3. The Morgan fingerprint density at radius 3 is 2.62 bits per heavy atom. The van der Waals surface area contributed by atoms with E-state index in [1.165, 1.54) is 0 Å². The van der Waals surface area contributed by atoms with Gasteiger partial charge >= 0.3 is 0 Å². The Bertz CT molecular complexity index is 950. The molecule has 1 saturated heterocycles. The van der Waals surface area contributed by atoms with Crippen LogP contribution in [0, 0.1) is 0 Å². The third-order valence-electron chi connectivity index (χ3n) is 4.73. The van der Waals surface area contributed by atoms with E-state index in [2.05, 4.69) is 35.2 Å². The molecule has 3 heterocycles. The number of benzene rings is 1. The number of anilines is 1. The van der Waals surface area contributed by atoms with Crippen LogP contribution in [0.1, 0.15) is 5.89 Å². The van der Waals surface area contributed by atoms with Crippen LogP contribution in [0.4, 0.5) is 5.82 Å². The zero-order valence-corrected chi connectivity index (χ0v) is 16.9. The summed E-state index contributed by atoms with van der Waals surface area (Å²) in [7, 11) is 1.78. The number of pyridine rings is 1. The molecule has 1 fully saturated rings. The van der Waals surface area contributed by atoms with Crippen LogP contribution in [-0.4, -0.2) is 59.2 Å². The Morgan fingerprint density at radius 1 is 1.14 bits per heavy atom. The largest absolute Gasteiger partial charge is 0.353 e. The molecule has 9 heteroatoms. The van der Waals surface area contributed by atoms with Gasteiger partial charge in [0.25, 0.3) is 0 Å². The van der Waals surface area contributed by atoms with E-state index < -0.39 is 0 Å². The summed E-state index contributed by atoms with van der Waals surface area (Å²) in [6.45, 7) is 3.90. The maximum atomic E-state index is 5.92. The van der Waals surface area contributed by atoms with Crippen molar-refractivity contribution in [1.29, 1.82) is 0 Å². The molecule has 0 aliphatic carbocycles. The van der Waals surface area contributed by atoms with Gasteiger partial charge in [0.15, 0.2) is 5.96 Å². The van der Waals surface area contributed by atoms with Crippen molar-refractivity contribution in [3.05, 3.63) is 59.6 Å². The lowest BCUT2D eigenvalue weighted by molar-refractivity contribution is 0.355. The minimum Gasteiger partial charge on any atom is -0.353 e. The highest BCUT2D eigenvalue weighted by Gasteiger charge is 2.20. The molecule has 150 valence electrons. The molecule has 2 aromatic heterocycles. The summed E-state index contributed by atoms with van der Waals surface area (Å²) < 4.78 is 5.36. The highest BCUT2D eigenvalue weighted by Crippen LogP contribution is 2.18. The van der Waals surface area contributed by atoms with Crippen LogP contribution in [0.2, 0.25) is 5.02 Å². The van der Waals surface area contributed by atoms with Crippen LogP contribution < -0.4 is 10.2 Å². The molecule has 3 aromatic rings. The molecular formula is C20H22ClN7O. The first kappa shape index (κ1) is 19.2. The second-order valence-electron chi connectivity index (χ2n) is 6.58.